The molecule has 0 amide bonds. The number of hydrogen-bond donors (Lipinski definition) is 2. The third-order valence-electron chi connectivity index (χ3n) is 3.63. The van der Waals surface area contributed by atoms with Crippen molar-refractivity contribution in [3.05, 3.63) is 18.2 Å². The van der Waals surface area contributed by atoms with Gasteiger partial charge in [-0.25, -0.2) is 4.79 Å². The summed E-state index contributed by atoms with van der Waals surface area (Å²) in [6.45, 7) is 5.91. The van der Waals surface area contributed by atoms with Gasteiger partial charge in [-0.3, -0.25) is 0 Å². The second-order valence-corrected chi connectivity index (χ2v) is 5.32. The number of fused-ring (bicyclic) bond motifs is 1. The number of rotatable bonds is 3. The first-order valence-corrected chi connectivity index (χ1v) is 6.44. The Labute approximate surface area is 113 Å². The van der Waals surface area contributed by atoms with Crippen molar-refractivity contribution >= 4 is 17.3 Å². The lowest BCUT2D eigenvalue weighted by Crippen LogP contribution is -2.55. The number of nitrogens with zero attached hydrogens (tertiary/aromatic N) is 1. The van der Waals surface area contributed by atoms with Gasteiger partial charge in [0.1, 0.15) is 23.1 Å². The number of carboxylic acid groups (broad SMARTS) is 1. The smallest absolute Gasteiger partial charge is 0.328 e. The van der Waals surface area contributed by atoms with E-state index >= 15 is 0 Å². The van der Waals surface area contributed by atoms with Crippen LogP contribution in [0.5, 0.6) is 5.75 Å². The molecule has 5 nitrogen and oxygen atoms in total. The molecule has 3 N–H and O–H groups in total. The van der Waals surface area contributed by atoms with Crippen molar-refractivity contribution < 1.29 is 14.6 Å². The number of para-hydroxylation sites is 1. The van der Waals surface area contributed by atoms with Crippen LogP contribution in [0.15, 0.2) is 18.2 Å². The van der Waals surface area contributed by atoms with Crippen LogP contribution in [-0.2, 0) is 4.79 Å². The summed E-state index contributed by atoms with van der Waals surface area (Å²) in [6.07, 6.45) is 0.799. The Morgan fingerprint density at radius 2 is 2.26 bits per heavy atom. The van der Waals surface area contributed by atoms with Crippen molar-refractivity contribution in [2.24, 2.45) is 0 Å². The number of aliphatic carboxylic acids is 1. The van der Waals surface area contributed by atoms with Gasteiger partial charge in [0, 0.05) is 0 Å². The van der Waals surface area contributed by atoms with Gasteiger partial charge in [-0.2, -0.15) is 0 Å². The fourth-order valence-electron chi connectivity index (χ4n) is 2.27. The lowest BCUT2D eigenvalue weighted by molar-refractivity contribution is -0.142. The average Bonchev–Trinajstić information content (AvgIpc) is 2.37. The lowest BCUT2D eigenvalue weighted by Gasteiger charge is -2.43. The van der Waals surface area contributed by atoms with E-state index in [1.165, 1.54) is 0 Å². The van der Waals surface area contributed by atoms with Crippen LogP contribution in [-0.4, -0.2) is 29.3 Å². The van der Waals surface area contributed by atoms with Crippen LogP contribution in [0.1, 0.15) is 27.2 Å². The van der Waals surface area contributed by atoms with Gasteiger partial charge in [0.15, 0.2) is 0 Å². The van der Waals surface area contributed by atoms with Gasteiger partial charge in [0.25, 0.3) is 0 Å². The maximum atomic E-state index is 11.5. The molecule has 1 unspecified atom stereocenters. The van der Waals surface area contributed by atoms with Gasteiger partial charge in [-0.1, -0.05) is 13.0 Å². The quantitative estimate of drug-likeness (QED) is 0.818. The van der Waals surface area contributed by atoms with E-state index in [0.29, 0.717) is 23.7 Å². The first kappa shape index (κ1) is 13.5. The van der Waals surface area contributed by atoms with Gasteiger partial charge >= 0.3 is 5.97 Å². The minimum Gasteiger partial charge on any atom is -0.486 e. The number of carboxylic acids is 1. The molecule has 0 saturated carbocycles. The molecule has 0 aliphatic carbocycles. The normalized spacial score (nSPS) is 18.7. The molecule has 104 valence electrons. The molecule has 1 aromatic carbocycles. The summed E-state index contributed by atoms with van der Waals surface area (Å²) in [5.74, 6) is -0.217. The van der Waals surface area contributed by atoms with Crippen LogP contribution in [0.25, 0.3) is 0 Å². The molecule has 5 heteroatoms. The van der Waals surface area contributed by atoms with E-state index in [9.17, 15) is 9.90 Å². The molecular weight excluding hydrogens is 244 g/mol. The number of nitrogens with two attached hydrogens (primary N) is 1. The Bertz CT molecular complexity index is 499. The zero-order chi connectivity index (χ0) is 14.2. The van der Waals surface area contributed by atoms with E-state index in [-0.39, 0.29) is 6.10 Å². The monoisotopic (exact) mass is 264 g/mol. The fourth-order valence-corrected chi connectivity index (χ4v) is 2.27. The molecule has 0 aromatic heterocycles. The van der Waals surface area contributed by atoms with E-state index in [2.05, 4.69) is 0 Å². The first-order chi connectivity index (χ1) is 8.87. The maximum Gasteiger partial charge on any atom is 0.328 e. The van der Waals surface area contributed by atoms with Gasteiger partial charge in [0.05, 0.1) is 12.2 Å². The van der Waals surface area contributed by atoms with Crippen LogP contribution in [0, 0.1) is 0 Å². The van der Waals surface area contributed by atoms with E-state index < -0.39 is 11.5 Å². The minimum atomic E-state index is -1.03. The molecule has 0 fully saturated rings. The molecule has 1 heterocycles. The summed E-state index contributed by atoms with van der Waals surface area (Å²) in [5.41, 5.74) is 6.20. The topological polar surface area (TPSA) is 75.8 Å². The zero-order valence-corrected chi connectivity index (χ0v) is 11.5. The van der Waals surface area contributed by atoms with E-state index in [4.69, 9.17) is 10.5 Å². The van der Waals surface area contributed by atoms with Crippen LogP contribution >= 0.6 is 0 Å². The highest BCUT2D eigenvalue weighted by Gasteiger charge is 2.40. The standard InChI is InChI=1S/C14H20N2O3/c1-4-9-8-16(14(2,3)13(17)18)12-10(15)6-5-7-11(12)19-9/h5-7,9H,4,8,15H2,1-3H3,(H,17,18). The summed E-state index contributed by atoms with van der Waals surface area (Å²) in [5, 5.41) is 9.45. The number of ether oxygens (including phenoxy) is 1. The van der Waals surface area contributed by atoms with Crippen LogP contribution in [0.3, 0.4) is 0 Å². The maximum absolute atomic E-state index is 11.5. The third-order valence-corrected chi connectivity index (χ3v) is 3.63. The summed E-state index contributed by atoms with van der Waals surface area (Å²) < 4.78 is 5.85. The number of nitrogen functional groups attached to an aromatic ring is 1. The molecule has 1 aromatic rings. The molecule has 1 aliphatic rings. The Kier molecular flexibility index (Phi) is 3.30. The number of carbonyl (C=O) groups is 1. The molecule has 19 heavy (non-hydrogen) atoms. The van der Waals surface area contributed by atoms with E-state index in [1.807, 2.05) is 24.0 Å². The Balaban J connectivity index is 2.53. The summed E-state index contributed by atoms with van der Waals surface area (Å²) in [4.78, 5) is 13.3. The Morgan fingerprint density at radius 1 is 1.58 bits per heavy atom. The third kappa shape index (κ3) is 2.20. The van der Waals surface area contributed by atoms with Gasteiger partial charge in [-0.05, 0) is 32.4 Å². The zero-order valence-electron chi connectivity index (χ0n) is 11.5. The predicted molar refractivity (Wildman–Crippen MR) is 74.6 cm³/mol. The molecule has 2 rings (SSSR count). The van der Waals surface area contributed by atoms with Crippen LogP contribution < -0.4 is 15.4 Å². The number of hydrogen-bond acceptors (Lipinski definition) is 4. The molecule has 1 aliphatic heterocycles. The highest BCUT2D eigenvalue weighted by Crippen LogP contribution is 2.42. The molecule has 0 spiro atoms. The van der Waals surface area contributed by atoms with E-state index in [1.54, 1.807) is 19.9 Å². The molecule has 0 radical (unpaired) electrons. The first-order valence-electron chi connectivity index (χ1n) is 6.44. The average molecular weight is 264 g/mol. The van der Waals surface area contributed by atoms with Crippen molar-refractivity contribution in [1.82, 2.24) is 0 Å². The molecule has 0 saturated heterocycles. The van der Waals surface area contributed by atoms with Crippen molar-refractivity contribution in [3.63, 3.8) is 0 Å². The number of benzene rings is 1. The Hall–Kier alpha value is -1.91. The Morgan fingerprint density at radius 3 is 2.84 bits per heavy atom. The molecule has 1 atom stereocenters. The summed E-state index contributed by atoms with van der Waals surface area (Å²) in [6, 6.07) is 5.41. The van der Waals surface area contributed by atoms with Crippen molar-refractivity contribution in [3.8, 4) is 5.75 Å². The number of anilines is 2. The molecule has 0 bridgehead atoms. The molecular formula is C14H20N2O3. The predicted octanol–water partition coefficient (Wildman–Crippen LogP) is 2.11. The van der Waals surface area contributed by atoms with Crippen molar-refractivity contribution in [1.29, 1.82) is 0 Å². The van der Waals surface area contributed by atoms with E-state index in [0.717, 1.165) is 6.42 Å². The fraction of sp³-hybridized carbons (Fsp3) is 0.500. The second-order valence-electron chi connectivity index (χ2n) is 5.32. The minimum absolute atomic E-state index is 0.0204. The largest absolute Gasteiger partial charge is 0.486 e. The van der Waals surface area contributed by atoms with Gasteiger partial charge < -0.3 is 20.5 Å². The second kappa shape index (κ2) is 4.64. The van der Waals surface area contributed by atoms with Gasteiger partial charge in [0.2, 0.25) is 0 Å². The summed E-state index contributed by atoms with van der Waals surface area (Å²) >= 11 is 0. The lowest BCUT2D eigenvalue weighted by atomic mass is 9.98. The van der Waals surface area contributed by atoms with Crippen LogP contribution in [0.4, 0.5) is 11.4 Å². The van der Waals surface area contributed by atoms with Crippen molar-refractivity contribution in [2.75, 3.05) is 17.2 Å². The highest BCUT2D eigenvalue weighted by atomic mass is 16.5. The van der Waals surface area contributed by atoms with Crippen molar-refractivity contribution in [2.45, 2.75) is 38.8 Å². The van der Waals surface area contributed by atoms with Gasteiger partial charge in [-0.15, -0.1) is 0 Å². The summed E-state index contributed by atoms with van der Waals surface area (Å²) in [7, 11) is 0. The highest BCUT2D eigenvalue weighted by molar-refractivity contribution is 5.87. The van der Waals surface area contributed by atoms with Crippen LogP contribution in [0.2, 0.25) is 0 Å². The SMILES string of the molecule is CCC1CN(C(C)(C)C(=O)O)c2c(N)cccc2O1.